The first-order valence-electron chi connectivity index (χ1n) is 13.3. The molecule has 0 fully saturated rings. The Morgan fingerprint density at radius 2 is 1.17 bits per heavy atom. The van der Waals surface area contributed by atoms with Crippen LogP contribution in [0.2, 0.25) is 0 Å². The molecular formula is C34H31IrN6O-5. The molecule has 1 radical (unpaired) electrons. The van der Waals surface area contributed by atoms with E-state index in [0.29, 0.717) is 0 Å². The number of nitrogens with zero attached hydrogens (tertiary/aromatic N) is 6. The summed E-state index contributed by atoms with van der Waals surface area (Å²) in [6, 6.07) is 34.5. The van der Waals surface area contributed by atoms with Crippen molar-refractivity contribution in [2.45, 2.75) is 6.92 Å². The Labute approximate surface area is 262 Å². The summed E-state index contributed by atoms with van der Waals surface area (Å²) in [4.78, 5) is 12.2. The van der Waals surface area contributed by atoms with Gasteiger partial charge in [0.1, 0.15) is 5.75 Å². The topological polar surface area (TPSA) is 39.7 Å². The zero-order chi connectivity index (χ0) is 28.3. The minimum absolute atomic E-state index is 0. The van der Waals surface area contributed by atoms with Crippen LogP contribution in [-0.4, -0.2) is 29.0 Å². The van der Waals surface area contributed by atoms with E-state index in [-0.39, 0.29) is 25.9 Å². The van der Waals surface area contributed by atoms with Crippen LogP contribution in [0.1, 0.15) is 5.56 Å². The van der Waals surface area contributed by atoms with Gasteiger partial charge in [-0.2, -0.15) is 43.2 Å². The molecule has 8 heteroatoms. The largest absolute Gasteiger partial charge is 0.510 e. The van der Waals surface area contributed by atoms with E-state index in [4.69, 9.17) is 0 Å². The predicted octanol–water partition coefficient (Wildman–Crippen LogP) is 7.08. The Kier molecular flexibility index (Phi) is 8.76. The molecule has 0 saturated carbocycles. The number of aryl methyl sites for hydroxylation is 1. The van der Waals surface area contributed by atoms with Gasteiger partial charge >= 0.3 is 0 Å². The average molecular weight is 732 g/mol. The zero-order valence-corrected chi connectivity index (χ0v) is 26.0. The molecule has 0 atom stereocenters. The van der Waals surface area contributed by atoms with E-state index in [1.165, 1.54) is 5.56 Å². The van der Waals surface area contributed by atoms with Crippen LogP contribution in [0, 0.1) is 39.1 Å². The van der Waals surface area contributed by atoms with Crippen molar-refractivity contribution in [1.29, 1.82) is 0 Å². The smallest absolute Gasteiger partial charge is 0.136 e. The number of phenolic OH excluding ortho intramolecular Hbond substituents is 1. The summed E-state index contributed by atoms with van der Waals surface area (Å²) in [5, 5.41) is 10.2. The normalized spacial score (nSPS) is 15.1. The van der Waals surface area contributed by atoms with Crippen molar-refractivity contribution < 1.29 is 25.2 Å². The molecule has 3 aliphatic rings. The molecule has 7 nitrogen and oxygen atoms in total. The number of hydrogen-bond acceptors (Lipinski definition) is 7. The fraction of sp³-hybridized carbons (Fsp3) is 0.0882. The van der Waals surface area contributed by atoms with Crippen LogP contribution in [-0.2, 0) is 20.1 Å². The van der Waals surface area contributed by atoms with Gasteiger partial charge in [0.05, 0.1) is 5.69 Å². The third-order valence-corrected chi connectivity index (χ3v) is 6.84. The number of hydrogen-bond donors (Lipinski definition) is 1. The first-order chi connectivity index (χ1) is 20.0. The summed E-state index contributed by atoms with van der Waals surface area (Å²) in [7, 11) is 4.01. The predicted molar refractivity (Wildman–Crippen MR) is 166 cm³/mol. The molecule has 0 saturated heterocycles. The van der Waals surface area contributed by atoms with Gasteiger partial charge in [-0.05, 0) is 63.2 Å². The van der Waals surface area contributed by atoms with Gasteiger partial charge in [0.25, 0.3) is 0 Å². The van der Waals surface area contributed by atoms with E-state index in [1.807, 2.05) is 144 Å². The van der Waals surface area contributed by atoms with Gasteiger partial charge in [0, 0.05) is 31.5 Å². The summed E-state index contributed by atoms with van der Waals surface area (Å²) in [5.74, 6) is 0.258. The van der Waals surface area contributed by atoms with E-state index in [0.717, 1.165) is 34.1 Å². The van der Waals surface area contributed by atoms with Gasteiger partial charge in [-0.25, -0.2) is 0 Å². The molecule has 4 aromatic rings. The Morgan fingerprint density at radius 1 is 0.595 bits per heavy atom. The van der Waals surface area contributed by atoms with Crippen molar-refractivity contribution in [2.24, 2.45) is 0 Å². The summed E-state index contributed by atoms with van der Waals surface area (Å²) in [5.41, 5.74) is 7.07. The maximum atomic E-state index is 10.2. The minimum Gasteiger partial charge on any atom is -0.510 e. The fourth-order valence-electron chi connectivity index (χ4n) is 4.74. The first-order valence-corrected chi connectivity index (χ1v) is 13.3. The molecule has 3 heterocycles. The molecular weight excluding hydrogens is 701 g/mol. The van der Waals surface area contributed by atoms with Crippen LogP contribution in [0.4, 0.5) is 34.1 Å². The Hall–Kier alpha value is -4.39. The average Bonchev–Trinajstić information content (AvgIpc) is 3.73. The molecule has 0 aromatic heterocycles. The quantitative estimate of drug-likeness (QED) is 0.225. The number of rotatable bonds is 4. The van der Waals surface area contributed by atoms with Crippen LogP contribution in [0.15, 0.2) is 110 Å². The molecule has 42 heavy (non-hydrogen) atoms. The molecule has 7 rings (SSSR count). The van der Waals surface area contributed by atoms with Crippen LogP contribution in [0.5, 0.6) is 5.75 Å². The Balaban J connectivity index is 0.000000169. The van der Waals surface area contributed by atoms with Crippen molar-refractivity contribution in [3.63, 3.8) is 0 Å². The molecule has 0 amide bonds. The first kappa shape index (κ1) is 29.1. The summed E-state index contributed by atoms with van der Waals surface area (Å²) in [6.07, 6.45) is 8.06. The SMILES string of the molecule is CN1C=CN(c2[c-]c(N3C=CN(C)[CH-]3)ccc2)[CH-]1.Cc1c[c-]c(N2[CH-]N(c3ccccc3O)c3ccccc32)cc1.[Ir]. The second-order valence-corrected chi connectivity index (χ2v) is 9.98. The van der Waals surface area contributed by atoms with Crippen LogP contribution < -0.4 is 19.6 Å². The summed E-state index contributed by atoms with van der Waals surface area (Å²) in [6.45, 7) is 8.08. The zero-order valence-electron chi connectivity index (χ0n) is 23.6. The van der Waals surface area contributed by atoms with Crippen molar-refractivity contribution in [1.82, 2.24) is 9.80 Å². The number of anilines is 6. The Bertz CT molecular complexity index is 1530. The second kappa shape index (κ2) is 12.6. The maximum Gasteiger partial charge on any atom is 0.136 e. The standard InChI is InChI=1S/C20H16N2O.C14H15N4.Ir/c1-15-10-12-16(13-11-15)21-14-22(18-7-3-2-6-17(18)21)19-8-4-5-9-20(19)23;1-15-6-8-17(11-15)13-4-3-5-14(10-13)18-9-7-16(2)12-18;/h2-12,14,23H,1H3;3-9,11-12H,1-2H3;/q-2;-3;. The molecule has 0 bridgehead atoms. The number of para-hydroxylation sites is 4. The number of fused-ring (bicyclic) bond motifs is 1. The van der Waals surface area contributed by atoms with Gasteiger partial charge < -0.3 is 34.5 Å². The van der Waals surface area contributed by atoms with Gasteiger partial charge in [0.15, 0.2) is 0 Å². The summed E-state index contributed by atoms with van der Waals surface area (Å²) >= 11 is 0. The van der Waals surface area contributed by atoms with E-state index in [2.05, 4.69) is 42.2 Å². The monoisotopic (exact) mass is 732 g/mol. The van der Waals surface area contributed by atoms with Crippen LogP contribution >= 0.6 is 0 Å². The summed E-state index contributed by atoms with van der Waals surface area (Å²) < 4.78 is 0. The van der Waals surface area contributed by atoms with Crippen molar-refractivity contribution in [2.75, 3.05) is 33.7 Å². The molecule has 3 aliphatic heterocycles. The van der Waals surface area contributed by atoms with Gasteiger partial charge in [0.2, 0.25) is 0 Å². The minimum atomic E-state index is 0. The van der Waals surface area contributed by atoms with Gasteiger partial charge in [-0.15, -0.1) is 48.0 Å². The molecule has 0 unspecified atom stereocenters. The molecule has 1 N–H and O–H groups in total. The van der Waals surface area contributed by atoms with E-state index >= 15 is 0 Å². The van der Waals surface area contributed by atoms with Crippen molar-refractivity contribution in [3.8, 4) is 5.75 Å². The van der Waals surface area contributed by atoms with Gasteiger partial charge in [-0.3, -0.25) is 0 Å². The molecule has 0 aliphatic carbocycles. The Morgan fingerprint density at radius 3 is 1.69 bits per heavy atom. The molecule has 0 spiro atoms. The van der Waals surface area contributed by atoms with Gasteiger partial charge in [-0.1, -0.05) is 31.2 Å². The number of aromatic hydroxyl groups is 1. The van der Waals surface area contributed by atoms with E-state index in [9.17, 15) is 5.11 Å². The number of benzene rings is 4. The van der Waals surface area contributed by atoms with Crippen LogP contribution in [0.3, 0.4) is 0 Å². The molecule has 4 aromatic carbocycles. The van der Waals surface area contributed by atoms with E-state index < -0.39 is 0 Å². The van der Waals surface area contributed by atoms with E-state index in [1.54, 1.807) is 6.07 Å². The maximum absolute atomic E-state index is 10.2. The van der Waals surface area contributed by atoms with Crippen molar-refractivity contribution in [3.05, 3.63) is 147 Å². The van der Waals surface area contributed by atoms with Crippen LogP contribution in [0.25, 0.3) is 0 Å². The fourth-order valence-corrected chi connectivity index (χ4v) is 4.74. The van der Waals surface area contributed by atoms with Crippen molar-refractivity contribution >= 4 is 34.1 Å². The third-order valence-electron chi connectivity index (χ3n) is 6.84. The number of phenols is 1. The molecule has 217 valence electrons. The second-order valence-electron chi connectivity index (χ2n) is 9.98. The third kappa shape index (κ3) is 6.10.